The lowest BCUT2D eigenvalue weighted by Gasteiger charge is -2.25. The molecule has 0 aromatic carbocycles. The van der Waals surface area contributed by atoms with Crippen LogP contribution in [0.2, 0.25) is 0 Å². The molecule has 7 heteroatoms. The molecule has 2 amide bonds. The summed E-state index contributed by atoms with van der Waals surface area (Å²) in [6.45, 7) is 8.17. The van der Waals surface area contributed by atoms with Gasteiger partial charge in [0.15, 0.2) is 0 Å². The molecule has 1 rings (SSSR count). The second kappa shape index (κ2) is 10.8. The monoisotopic (exact) mass is 312 g/mol. The van der Waals surface area contributed by atoms with E-state index in [-0.39, 0.29) is 23.6 Å². The number of nitrogens with zero attached hydrogens (tertiary/aromatic N) is 2. The molecule has 0 radical (unpaired) electrons. The smallest absolute Gasteiger partial charge is 0.272 e. The van der Waals surface area contributed by atoms with Gasteiger partial charge in [0.25, 0.3) is 5.91 Å². The third-order valence-corrected chi connectivity index (χ3v) is 3.40. The third-order valence-electron chi connectivity index (χ3n) is 3.40. The van der Waals surface area contributed by atoms with Crippen LogP contribution in [0.15, 0.2) is 17.3 Å². The van der Waals surface area contributed by atoms with Gasteiger partial charge in [0.2, 0.25) is 5.91 Å². The Morgan fingerprint density at radius 2 is 2.18 bits per heavy atom. The summed E-state index contributed by atoms with van der Waals surface area (Å²) < 4.78 is 0. The molecule has 1 aliphatic rings. The van der Waals surface area contributed by atoms with E-state index in [1.54, 1.807) is 0 Å². The van der Waals surface area contributed by atoms with Crippen LogP contribution in [0.1, 0.15) is 39.5 Å². The maximum atomic E-state index is 12.2. The van der Waals surface area contributed by atoms with Gasteiger partial charge in [-0.25, -0.2) is 4.99 Å². The SMILES string of the molecule is C=C(N=CN)C(=O)N1CCCC1C(=O)NC(C)CCC.CO. The highest BCUT2D eigenvalue weighted by Gasteiger charge is 2.35. The number of nitrogens with two attached hydrogens (primary N) is 1. The molecule has 7 nitrogen and oxygen atoms in total. The van der Waals surface area contributed by atoms with Crippen molar-refractivity contribution in [3.8, 4) is 0 Å². The van der Waals surface area contributed by atoms with E-state index in [4.69, 9.17) is 10.8 Å². The standard InChI is InChI=1S/C14H24N4O2.CH4O/c1-4-6-10(2)17-13(19)12-7-5-8-18(12)14(20)11(3)16-9-15;1-2/h9-10,12H,3-8H2,1-2H3,(H2,15,16)(H,17,19);2H,1H3. The van der Waals surface area contributed by atoms with Crippen molar-refractivity contribution in [1.82, 2.24) is 10.2 Å². The number of carbonyl (C=O) groups is 2. The zero-order chi connectivity index (χ0) is 17.1. The van der Waals surface area contributed by atoms with Gasteiger partial charge in [-0.2, -0.15) is 0 Å². The number of nitrogens with one attached hydrogen (secondary N) is 1. The molecule has 0 aromatic heterocycles. The first-order chi connectivity index (χ1) is 10.5. The highest BCUT2D eigenvalue weighted by Crippen LogP contribution is 2.20. The van der Waals surface area contributed by atoms with Gasteiger partial charge in [-0.3, -0.25) is 9.59 Å². The van der Waals surface area contributed by atoms with Crippen LogP contribution in [0.3, 0.4) is 0 Å². The normalized spacial score (nSPS) is 18.5. The molecule has 1 heterocycles. The summed E-state index contributed by atoms with van der Waals surface area (Å²) in [5.41, 5.74) is 5.22. The van der Waals surface area contributed by atoms with E-state index >= 15 is 0 Å². The van der Waals surface area contributed by atoms with Gasteiger partial charge < -0.3 is 21.1 Å². The Bertz CT molecular complexity index is 410. The van der Waals surface area contributed by atoms with E-state index in [0.29, 0.717) is 13.0 Å². The minimum absolute atomic E-state index is 0.0637. The van der Waals surface area contributed by atoms with Crippen molar-refractivity contribution in [2.24, 2.45) is 10.7 Å². The number of amides is 2. The molecule has 1 fully saturated rings. The van der Waals surface area contributed by atoms with Crippen LogP contribution < -0.4 is 11.1 Å². The lowest BCUT2D eigenvalue weighted by atomic mass is 10.1. The molecule has 0 aliphatic carbocycles. The van der Waals surface area contributed by atoms with Gasteiger partial charge in [0.05, 0.1) is 6.34 Å². The first kappa shape index (κ1) is 20.1. The summed E-state index contributed by atoms with van der Waals surface area (Å²) >= 11 is 0. The van der Waals surface area contributed by atoms with Crippen LogP contribution >= 0.6 is 0 Å². The Balaban J connectivity index is 0.00000211. The summed E-state index contributed by atoms with van der Waals surface area (Å²) in [6, 6.07) is -0.304. The van der Waals surface area contributed by atoms with E-state index in [2.05, 4.69) is 23.8 Å². The Hall–Kier alpha value is -1.89. The molecular weight excluding hydrogens is 284 g/mol. The zero-order valence-electron chi connectivity index (χ0n) is 13.7. The Morgan fingerprint density at radius 3 is 2.73 bits per heavy atom. The Kier molecular flexibility index (Phi) is 9.86. The van der Waals surface area contributed by atoms with Gasteiger partial charge in [-0.1, -0.05) is 19.9 Å². The minimum Gasteiger partial charge on any atom is -0.400 e. The van der Waals surface area contributed by atoms with E-state index in [1.165, 1.54) is 4.90 Å². The van der Waals surface area contributed by atoms with Gasteiger partial charge >= 0.3 is 0 Å². The zero-order valence-corrected chi connectivity index (χ0v) is 13.7. The average Bonchev–Trinajstić information content (AvgIpc) is 2.98. The van der Waals surface area contributed by atoms with Crippen molar-refractivity contribution in [3.05, 3.63) is 12.3 Å². The van der Waals surface area contributed by atoms with E-state index < -0.39 is 6.04 Å². The Labute approximate surface area is 132 Å². The van der Waals surface area contributed by atoms with Gasteiger partial charge in [-0.05, 0) is 26.2 Å². The number of aliphatic hydroxyl groups excluding tert-OH is 1. The molecule has 0 aromatic rings. The molecule has 22 heavy (non-hydrogen) atoms. The lowest BCUT2D eigenvalue weighted by molar-refractivity contribution is -0.136. The fourth-order valence-corrected chi connectivity index (χ4v) is 2.44. The molecule has 1 saturated heterocycles. The molecule has 126 valence electrons. The maximum Gasteiger partial charge on any atom is 0.272 e. The van der Waals surface area contributed by atoms with Crippen molar-refractivity contribution in [2.45, 2.75) is 51.6 Å². The van der Waals surface area contributed by atoms with Crippen LogP contribution in [-0.4, -0.2) is 53.9 Å². The fraction of sp³-hybridized carbons (Fsp3) is 0.667. The maximum absolute atomic E-state index is 12.2. The fourth-order valence-electron chi connectivity index (χ4n) is 2.44. The minimum atomic E-state index is -0.425. The van der Waals surface area contributed by atoms with Crippen molar-refractivity contribution in [1.29, 1.82) is 0 Å². The van der Waals surface area contributed by atoms with Gasteiger partial charge in [-0.15, -0.1) is 0 Å². The highest BCUT2D eigenvalue weighted by molar-refractivity contribution is 5.97. The number of carbonyl (C=O) groups excluding carboxylic acids is 2. The molecule has 2 atom stereocenters. The van der Waals surface area contributed by atoms with Crippen LogP contribution in [-0.2, 0) is 9.59 Å². The molecule has 4 N–H and O–H groups in total. The summed E-state index contributed by atoms with van der Waals surface area (Å²) in [5.74, 6) is -0.422. The largest absolute Gasteiger partial charge is 0.400 e. The van der Waals surface area contributed by atoms with Crippen LogP contribution in [0.5, 0.6) is 0 Å². The number of hydrogen-bond acceptors (Lipinski definition) is 4. The quantitative estimate of drug-likeness (QED) is 0.374. The number of hydrogen-bond donors (Lipinski definition) is 3. The topological polar surface area (TPSA) is 108 Å². The second-order valence-corrected chi connectivity index (χ2v) is 5.08. The predicted molar refractivity (Wildman–Crippen MR) is 87.2 cm³/mol. The van der Waals surface area contributed by atoms with E-state index in [1.807, 2.05) is 6.92 Å². The first-order valence-electron chi connectivity index (χ1n) is 7.50. The lowest BCUT2D eigenvalue weighted by Crippen LogP contribution is -2.48. The second-order valence-electron chi connectivity index (χ2n) is 5.08. The average molecular weight is 312 g/mol. The first-order valence-corrected chi connectivity index (χ1v) is 7.50. The number of rotatable bonds is 6. The summed E-state index contributed by atoms with van der Waals surface area (Å²) in [7, 11) is 1.00. The number of likely N-dealkylation sites (tertiary alicyclic amines) is 1. The molecule has 0 bridgehead atoms. The summed E-state index contributed by atoms with van der Waals surface area (Å²) in [4.78, 5) is 29.6. The van der Waals surface area contributed by atoms with Crippen molar-refractivity contribution >= 4 is 18.2 Å². The van der Waals surface area contributed by atoms with Crippen molar-refractivity contribution in [2.75, 3.05) is 13.7 Å². The molecular formula is C15H28N4O3. The Morgan fingerprint density at radius 1 is 1.55 bits per heavy atom. The predicted octanol–water partition coefficient (Wildman–Crippen LogP) is 0.391. The number of aliphatic hydroxyl groups is 1. The highest BCUT2D eigenvalue weighted by atomic mass is 16.2. The van der Waals surface area contributed by atoms with E-state index in [9.17, 15) is 9.59 Å². The summed E-state index contributed by atoms with van der Waals surface area (Å²) in [6.07, 6.45) is 4.46. The third kappa shape index (κ3) is 5.85. The molecule has 2 unspecified atom stereocenters. The molecule has 1 aliphatic heterocycles. The van der Waals surface area contributed by atoms with Crippen molar-refractivity contribution in [3.63, 3.8) is 0 Å². The van der Waals surface area contributed by atoms with Crippen LogP contribution in [0.25, 0.3) is 0 Å². The van der Waals surface area contributed by atoms with Crippen LogP contribution in [0, 0.1) is 0 Å². The molecule has 0 spiro atoms. The van der Waals surface area contributed by atoms with E-state index in [0.717, 1.165) is 32.7 Å². The molecule has 0 saturated carbocycles. The number of aliphatic imine (C=N–C) groups is 1. The van der Waals surface area contributed by atoms with Crippen LogP contribution in [0.4, 0.5) is 0 Å². The van der Waals surface area contributed by atoms with Gasteiger partial charge in [0, 0.05) is 19.7 Å². The van der Waals surface area contributed by atoms with Crippen molar-refractivity contribution < 1.29 is 14.7 Å². The van der Waals surface area contributed by atoms with Gasteiger partial charge in [0.1, 0.15) is 11.7 Å². The summed E-state index contributed by atoms with van der Waals surface area (Å²) in [5, 5.41) is 9.95.